The van der Waals surface area contributed by atoms with E-state index in [4.69, 9.17) is 9.31 Å². The van der Waals surface area contributed by atoms with Crippen molar-refractivity contribution in [2.24, 2.45) is 0 Å². The number of nitrogens with one attached hydrogen (secondary N) is 1. The summed E-state index contributed by atoms with van der Waals surface area (Å²) in [5.41, 5.74) is 4.71. The van der Waals surface area contributed by atoms with Crippen LogP contribution in [0.4, 0.5) is 5.69 Å². The van der Waals surface area contributed by atoms with Gasteiger partial charge in [0.2, 0.25) is 0 Å². The Labute approximate surface area is 232 Å². The number of benzene rings is 1. The van der Waals surface area contributed by atoms with Crippen molar-refractivity contribution in [2.75, 3.05) is 5.32 Å². The third-order valence-corrected chi connectivity index (χ3v) is 7.77. The molecule has 1 fully saturated rings. The summed E-state index contributed by atoms with van der Waals surface area (Å²) in [6.45, 7) is 18.0. The van der Waals surface area contributed by atoms with Crippen molar-refractivity contribution in [3.63, 3.8) is 0 Å². The second kappa shape index (κ2) is 10.2. The summed E-state index contributed by atoms with van der Waals surface area (Å²) in [4.78, 5) is 22.0. The number of pyridine rings is 2. The van der Waals surface area contributed by atoms with Crippen molar-refractivity contribution in [3.8, 4) is 17.2 Å². The van der Waals surface area contributed by atoms with Gasteiger partial charge in [-0.05, 0) is 89.2 Å². The molecule has 0 atom stereocenters. The fraction of sp³-hybridized carbons (Fsp3) is 0.419. The number of hydrogen-bond donors (Lipinski definition) is 1. The number of hydrogen-bond acceptors (Lipinski definition) is 6. The smallest absolute Gasteiger partial charge is 0.399 e. The molecule has 1 aliphatic heterocycles. The fourth-order valence-electron chi connectivity index (χ4n) is 4.35. The first-order chi connectivity index (χ1) is 18.1. The molecule has 1 amide bonds. The number of aryl methyl sites for hydroxylation is 1. The Morgan fingerprint density at radius 2 is 1.72 bits per heavy atom. The molecule has 7 nitrogen and oxygen atoms in total. The van der Waals surface area contributed by atoms with E-state index in [9.17, 15) is 10.1 Å². The molecule has 0 aliphatic carbocycles. The molecule has 0 spiro atoms. The van der Waals surface area contributed by atoms with Crippen LogP contribution in [-0.2, 0) is 14.7 Å². The third-order valence-electron chi connectivity index (χ3n) is 7.77. The van der Waals surface area contributed by atoms with Gasteiger partial charge in [0.1, 0.15) is 0 Å². The van der Waals surface area contributed by atoms with Gasteiger partial charge in [-0.2, -0.15) is 5.26 Å². The van der Waals surface area contributed by atoms with Gasteiger partial charge >= 0.3 is 7.12 Å². The van der Waals surface area contributed by atoms with E-state index >= 15 is 0 Å². The van der Waals surface area contributed by atoms with Crippen LogP contribution in [-0.4, -0.2) is 34.2 Å². The Bertz CT molecular complexity index is 1440. The molecule has 1 aromatic carbocycles. The molecular weight excluding hydrogens is 487 g/mol. The van der Waals surface area contributed by atoms with Crippen molar-refractivity contribution >= 4 is 24.2 Å². The first-order valence-electron chi connectivity index (χ1n) is 13.3. The Balaban J connectivity index is 1.68. The Kier molecular flexibility index (Phi) is 7.46. The fourth-order valence-corrected chi connectivity index (χ4v) is 4.35. The van der Waals surface area contributed by atoms with Crippen LogP contribution in [0.1, 0.15) is 88.6 Å². The minimum Gasteiger partial charge on any atom is -0.399 e. The Morgan fingerprint density at radius 1 is 1.05 bits per heavy atom. The van der Waals surface area contributed by atoms with E-state index in [1.807, 2.05) is 40.7 Å². The number of nitrogens with zero attached hydrogens (tertiary/aromatic N) is 3. The third kappa shape index (κ3) is 5.75. The summed E-state index contributed by atoms with van der Waals surface area (Å²) in [6.07, 6.45) is 3.20. The maximum Gasteiger partial charge on any atom is 0.494 e. The average molecular weight is 524 g/mol. The van der Waals surface area contributed by atoms with Crippen LogP contribution >= 0.6 is 0 Å². The highest BCUT2D eigenvalue weighted by molar-refractivity contribution is 6.62. The molecule has 4 rings (SSSR count). The molecule has 8 heteroatoms. The van der Waals surface area contributed by atoms with Gasteiger partial charge in [0, 0.05) is 23.0 Å². The van der Waals surface area contributed by atoms with Crippen molar-refractivity contribution in [3.05, 3.63) is 71.3 Å². The highest BCUT2D eigenvalue weighted by atomic mass is 16.7. The second-order valence-electron chi connectivity index (χ2n) is 12.1. The lowest BCUT2D eigenvalue weighted by atomic mass is 9.76. The lowest BCUT2D eigenvalue weighted by Gasteiger charge is -2.32. The van der Waals surface area contributed by atoms with Crippen LogP contribution in [0.3, 0.4) is 0 Å². The molecule has 1 aliphatic rings. The van der Waals surface area contributed by atoms with Gasteiger partial charge < -0.3 is 14.6 Å². The summed E-state index contributed by atoms with van der Waals surface area (Å²) in [5, 5.41) is 12.4. The molecule has 0 unspecified atom stereocenters. The number of amides is 1. The number of aromatic nitrogens is 2. The van der Waals surface area contributed by atoms with Crippen molar-refractivity contribution in [2.45, 2.75) is 84.8 Å². The number of anilines is 1. The zero-order chi connectivity index (χ0) is 28.8. The quantitative estimate of drug-likeness (QED) is 0.402. The minimum absolute atomic E-state index is 0.292. The Morgan fingerprint density at radius 3 is 2.33 bits per heavy atom. The van der Waals surface area contributed by atoms with Crippen LogP contribution in [0.15, 0.2) is 48.8 Å². The standard InChI is InChI=1S/C31H37BN4O3/c1-19(2)22-12-23(14-24(13-22)32-38-30(6,7)31(8,9)39-32)26-16-25(17-35-20(26)3)36-28(37)21-10-11-34-27(15-21)29(4,5)18-33/h10-17,19H,1-9H3,(H,36,37). The van der Waals surface area contributed by atoms with Crippen LogP contribution in [0.2, 0.25) is 0 Å². The van der Waals surface area contributed by atoms with Gasteiger partial charge in [-0.1, -0.05) is 32.0 Å². The van der Waals surface area contributed by atoms with Crippen LogP contribution < -0.4 is 10.8 Å². The van der Waals surface area contributed by atoms with Gasteiger partial charge in [0.15, 0.2) is 0 Å². The number of carbonyl (C=O) groups excluding carboxylic acids is 1. The number of carbonyl (C=O) groups is 1. The summed E-state index contributed by atoms with van der Waals surface area (Å²) in [5.74, 6) is -0.00125. The van der Waals surface area contributed by atoms with E-state index in [1.54, 1.807) is 38.4 Å². The van der Waals surface area contributed by atoms with E-state index in [0.717, 1.165) is 27.8 Å². The molecule has 0 radical (unpaired) electrons. The highest BCUT2D eigenvalue weighted by Gasteiger charge is 2.51. The predicted octanol–water partition coefficient (Wildman–Crippen LogP) is 5.93. The largest absolute Gasteiger partial charge is 0.494 e. The summed E-state index contributed by atoms with van der Waals surface area (Å²) >= 11 is 0. The molecule has 202 valence electrons. The first-order valence-corrected chi connectivity index (χ1v) is 13.3. The molecule has 0 bridgehead atoms. The maximum atomic E-state index is 13.1. The first kappa shape index (κ1) is 28.5. The van der Waals surface area contributed by atoms with Gasteiger partial charge in [-0.15, -0.1) is 0 Å². The molecule has 2 aromatic heterocycles. The summed E-state index contributed by atoms with van der Waals surface area (Å²) in [6, 6.07) is 13.9. The normalized spacial score (nSPS) is 16.3. The highest BCUT2D eigenvalue weighted by Crippen LogP contribution is 2.37. The average Bonchev–Trinajstić information content (AvgIpc) is 3.11. The number of nitriles is 1. The molecule has 39 heavy (non-hydrogen) atoms. The molecular formula is C31H37BN4O3. The second-order valence-corrected chi connectivity index (χ2v) is 12.1. The predicted molar refractivity (Wildman–Crippen MR) is 155 cm³/mol. The van der Waals surface area contributed by atoms with E-state index in [-0.39, 0.29) is 5.91 Å². The lowest BCUT2D eigenvalue weighted by Crippen LogP contribution is -2.41. The van der Waals surface area contributed by atoms with Gasteiger partial charge in [0.25, 0.3) is 5.91 Å². The topological polar surface area (TPSA) is 97.1 Å². The molecule has 3 heterocycles. The SMILES string of the molecule is Cc1ncc(NC(=O)c2ccnc(C(C)(C)C#N)c2)cc1-c1cc(B2OC(C)(C)C(C)(C)O2)cc(C(C)C)c1. The molecule has 1 saturated heterocycles. The van der Waals surface area contributed by atoms with Crippen molar-refractivity contribution in [1.29, 1.82) is 5.26 Å². The van der Waals surface area contributed by atoms with Crippen LogP contribution in [0.5, 0.6) is 0 Å². The van der Waals surface area contributed by atoms with E-state index in [0.29, 0.717) is 22.9 Å². The summed E-state index contributed by atoms with van der Waals surface area (Å²) < 4.78 is 12.7. The molecule has 3 aromatic rings. The molecule has 1 N–H and O–H groups in total. The number of rotatable bonds is 6. The van der Waals surface area contributed by atoms with Crippen LogP contribution in [0.25, 0.3) is 11.1 Å². The van der Waals surface area contributed by atoms with Gasteiger partial charge in [-0.3, -0.25) is 14.8 Å². The van der Waals surface area contributed by atoms with E-state index in [2.05, 4.69) is 53.4 Å². The molecule has 0 saturated carbocycles. The van der Waals surface area contributed by atoms with Crippen molar-refractivity contribution < 1.29 is 14.1 Å². The summed E-state index contributed by atoms with van der Waals surface area (Å²) in [7, 11) is -0.484. The zero-order valence-electron chi connectivity index (χ0n) is 24.3. The van der Waals surface area contributed by atoms with Gasteiger partial charge in [-0.25, -0.2) is 0 Å². The maximum absolute atomic E-state index is 13.1. The van der Waals surface area contributed by atoms with Gasteiger partial charge in [0.05, 0.1) is 40.3 Å². The van der Waals surface area contributed by atoms with E-state index in [1.165, 1.54) is 0 Å². The lowest BCUT2D eigenvalue weighted by molar-refractivity contribution is 0.00578. The zero-order valence-corrected chi connectivity index (χ0v) is 24.3. The van der Waals surface area contributed by atoms with Crippen molar-refractivity contribution in [1.82, 2.24) is 9.97 Å². The van der Waals surface area contributed by atoms with E-state index < -0.39 is 23.7 Å². The Hall–Kier alpha value is -3.54. The monoisotopic (exact) mass is 524 g/mol. The minimum atomic E-state index is -0.800. The van der Waals surface area contributed by atoms with Crippen LogP contribution in [0, 0.1) is 18.3 Å².